The molecule has 0 aliphatic heterocycles. The Morgan fingerprint density at radius 3 is 2.67 bits per heavy atom. The van der Waals surface area contributed by atoms with E-state index in [0.29, 0.717) is 35.7 Å². The van der Waals surface area contributed by atoms with Crippen LogP contribution >= 0.6 is 0 Å². The average molecular weight is 444 g/mol. The van der Waals surface area contributed by atoms with Gasteiger partial charge in [-0.3, -0.25) is 4.68 Å². The van der Waals surface area contributed by atoms with Crippen molar-refractivity contribution in [2.75, 3.05) is 7.11 Å². The predicted molar refractivity (Wildman–Crippen MR) is 123 cm³/mol. The van der Waals surface area contributed by atoms with Gasteiger partial charge in [-0.25, -0.2) is 4.79 Å². The van der Waals surface area contributed by atoms with Crippen LogP contribution in [0.1, 0.15) is 17.5 Å². The summed E-state index contributed by atoms with van der Waals surface area (Å²) in [5.74, 6) is 3.93. The van der Waals surface area contributed by atoms with E-state index in [1.54, 1.807) is 26.3 Å². The Kier molecular flexibility index (Phi) is 6.26. The van der Waals surface area contributed by atoms with Crippen LogP contribution in [0.3, 0.4) is 0 Å². The first kappa shape index (κ1) is 21.9. The van der Waals surface area contributed by atoms with Gasteiger partial charge in [0.2, 0.25) is 0 Å². The third kappa shape index (κ3) is 4.50. The molecule has 0 bridgehead atoms. The summed E-state index contributed by atoms with van der Waals surface area (Å²) in [6.45, 7) is 2.85. The van der Waals surface area contributed by atoms with Gasteiger partial charge in [0.15, 0.2) is 0 Å². The molecule has 9 heteroatoms. The predicted octanol–water partition coefficient (Wildman–Crippen LogP) is 2.75. The molecule has 0 atom stereocenters. The van der Waals surface area contributed by atoms with Gasteiger partial charge in [-0.1, -0.05) is 6.07 Å². The van der Waals surface area contributed by atoms with Gasteiger partial charge in [0, 0.05) is 25.2 Å². The normalized spacial score (nSPS) is 10.7. The van der Waals surface area contributed by atoms with Gasteiger partial charge in [0.25, 0.3) is 0 Å². The van der Waals surface area contributed by atoms with Gasteiger partial charge in [0.1, 0.15) is 18.1 Å². The number of ether oxygens (including phenoxy) is 2. The highest BCUT2D eigenvalue weighted by molar-refractivity contribution is 5.61. The molecular weight excluding hydrogens is 420 g/mol. The van der Waals surface area contributed by atoms with Crippen LogP contribution in [0.4, 0.5) is 0 Å². The first-order valence-electron chi connectivity index (χ1n) is 10.4. The first-order valence-corrected chi connectivity index (χ1v) is 10.4. The summed E-state index contributed by atoms with van der Waals surface area (Å²) in [6, 6.07) is 13.3. The van der Waals surface area contributed by atoms with Crippen LogP contribution in [-0.4, -0.2) is 36.7 Å². The highest BCUT2D eigenvalue weighted by atomic mass is 16.5. The number of tetrazole rings is 1. The summed E-state index contributed by atoms with van der Waals surface area (Å²) in [5, 5.41) is 12.3. The van der Waals surface area contributed by atoms with E-state index in [-0.39, 0.29) is 12.3 Å². The lowest BCUT2D eigenvalue weighted by molar-refractivity contribution is 0.294. The fourth-order valence-electron chi connectivity index (χ4n) is 3.49. The number of nitrogens with zero attached hydrogens (tertiary/aromatic N) is 6. The van der Waals surface area contributed by atoms with E-state index in [2.05, 4.69) is 21.4 Å². The maximum absolute atomic E-state index is 12.4. The van der Waals surface area contributed by atoms with Crippen molar-refractivity contribution in [3.8, 4) is 40.8 Å². The van der Waals surface area contributed by atoms with E-state index >= 15 is 0 Å². The second kappa shape index (κ2) is 9.44. The molecule has 2 heterocycles. The van der Waals surface area contributed by atoms with Gasteiger partial charge in [-0.2, -0.15) is 14.5 Å². The van der Waals surface area contributed by atoms with Gasteiger partial charge in [-0.15, -0.1) is 12.3 Å². The molecule has 2 aromatic carbocycles. The summed E-state index contributed by atoms with van der Waals surface area (Å²) < 4.78 is 15.9. The van der Waals surface area contributed by atoms with Crippen molar-refractivity contribution in [2.24, 2.45) is 7.05 Å². The minimum atomic E-state index is -0.355. The number of rotatable bonds is 8. The summed E-state index contributed by atoms with van der Waals surface area (Å²) in [7, 11) is 3.12. The molecular formula is C24H24N6O3. The maximum atomic E-state index is 12.4. The van der Waals surface area contributed by atoms with Crippen LogP contribution in [0.2, 0.25) is 0 Å². The lowest BCUT2D eigenvalue weighted by atomic mass is 10.1. The van der Waals surface area contributed by atoms with Gasteiger partial charge in [-0.05, 0) is 59.3 Å². The smallest absolute Gasteiger partial charge is 0.368 e. The van der Waals surface area contributed by atoms with Crippen LogP contribution in [-0.2, 0) is 20.2 Å². The Morgan fingerprint density at radius 2 is 1.97 bits per heavy atom. The monoisotopic (exact) mass is 444 g/mol. The van der Waals surface area contributed by atoms with Crippen molar-refractivity contribution in [3.63, 3.8) is 0 Å². The molecule has 33 heavy (non-hydrogen) atoms. The summed E-state index contributed by atoms with van der Waals surface area (Å²) >= 11 is 0. The average Bonchev–Trinajstić information content (AvgIpc) is 3.43. The molecule has 0 fully saturated rings. The third-order valence-corrected chi connectivity index (χ3v) is 5.25. The van der Waals surface area contributed by atoms with Crippen molar-refractivity contribution >= 4 is 0 Å². The van der Waals surface area contributed by atoms with E-state index in [1.165, 1.54) is 9.36 Å². The lowest BCUT2D eigenvalue weighted by Crippen LogP contribution is -2.23. The Balaban J connectivity index is 1.58. The second-order valence-electron chi connectivity index (χ2n) is 7.44. The molecule has 0 radical (unpaired) electrons. The minimum Gasteiger partial charge on any atom is -0.496 e. The molecule has 0 unspecified atom stereocenters. The van der Waals surface area contributed by atoms with Crippen molar-refractivity contribution in [1.29, 1.82) is 0 Å². The standard InChI is InChI=1S/C24H24N6O3/c1-5-6-13-29-14-12-20(25-29)18-10-11-22(17(2)15-18)33-16-19-21(8-7-9-23(19)32-4)30-24(31)28(3)26-27-30/h1,7-12,14-15H,6,13,16H2,2-4H3. The highest BCUT2D eigenvalue weighted by Gasteiger charge is 2.16. The fourth-order valence-corrected chi connectivity index (χ4v) is 3.49. The summed E-state index contributed by atoms with van der Waals surface area (Å²) in [5.41, 5.74) is 3.71. The zero-order valence-electron chi connectivity index (χ0n) is 18.7. The Bertz CT molecular complexity index is 1380. The molecule has 4 aromatic rings. The zero-order valence-corrected chi connectivity index (χ0v) is 18.7. The van der Waals surface area contributed by atoms with Crippen LogP contribution < -0.4 is 15.2 Å². The van der Waals surface area contributed by atoms with Crippen LogP contribution in [0.25, 0.3) is 16.9 Å². The van der Waals surface area contributed by atoms with E-state index < -0.39 is 0 Å². The molecule has 0 aliphatic rings. The molecule has 0 N–H and O–H groups in total. The quantitative estimate of drug-likeness (QED) is 0.388. The number of aryl methyl sites for hydroxylation is 3. The maximum Gasteiger partial charge on any atom is 0.368 e. The van der Waals surface area contributed by atoms with Gasteiger partial charge < -0.3 is 9.47 Å². The zero-order chi connectivity index (χ0) is 23.4. The van der Waals surface area contributed by atoms with Crippen molar-refractivity contribution in [3.05, 3.63) is 70.3 Å². The van der Waals surface area contributed by atoms with Crippen molar-refractivity contribution < 1.29 is 9.47 Å². The number of hydrogen-bond acceptors (Lipinski definition) is 6. The molecule has 2 aromatic heterocycles. The summed E-state index contributed by atoms with van der Waals surface area (Å²) in [6.07, 6.45) is 7.89. The second-order valence-corrected chi connectivity index (χ2v) is 7.44. The SMILES string of the molecule is C#CCCn1ccc(-c2ccc(OCc3c(OC)cccc3-n3nnn(C)c3=O)c(C)c2)n1. The first-order chi connectivity index (χ1) is 16.0. The van der Waals surface area contributed by atoms with Gasteiger partial charge >= 0.3 is 5.69 Å². The molecule has 0 saturated carbocycles. The number of hydrogen-bond donors (Lipinski definition) is 0. The largest absolute Gasteiger partial charge is 0.496 e. The Labute approximate surface area is 191 Å². The molecule has 4 rings (SSSR count). The number of benzene rings is 2. The van der Waals surface area contributed by atoms with E-state index in [0.717, 1.165) is 16.8 Å². The van der Waals surface area contributed by atoms with Crippen LogP contribution in [0.5, 0.6) is 11.5 Å². The van der Waals surface area contributed by atoms with Crippen LogP contribution in [0, 0.1) is 19.3 Å². The fraction of sp³-hybridized carbons (Fsp3) is 0.250. The summed E-state index contributed by atoms with van der Waals surface area (Å²) in [4.78, 5) is 12.4. The molecule has 0 spiro atoms. The molecule has 9 nitrogen and oxygen atoms in total. The lowest BCUT2D eigenvalue weighted by Gasteiger charge is -2.15. The van der Waals surface area contributed by atoms with Gasteiger partial charge in [0.05, 0.1) is 30.6 Å². The molecule has 0 aliphatic carbocycles. The van der Waals surface area contributed by atoms with E-state index in [4.69, 9.17) is 15.9 Å². The molecule has 0 saturated heterocycles. The Hall–Kier alpha value is -4.32. The minimum absolute atomic E-state index is 0.184. The molecule has 0 amide bonds. The topological polar surface area (TPSA) is 89.0 Å². The van der Waals surface area contributed by atoms with E-state index in [9.17, 15) is 4.79 Å². The highest BCUT2D eigenvalue weighted by Crippen LogP contribution is 2.29. The van der Waals surface area contributed by atoms with Crippen molar-refractivity contribution in [2.45, 2.75) is 26.5 Å². The third-order valence-electron chi connectivity index (χ3n) is 5.25. The number of methoxy groups -OCH3 is 1. The number of terminal acetylenes is 1. The van der Waals surface area contributed by atoms with Crippen molar-refractivity contribution in [1.82, 2.24) is 29.6 Å². The Morgan fingerprint density at radius 1 is 1.12 bits per heavy atom. The van der Waals surface area contributed by atoms with Crippen LogP contribution in [0.15, 0.2) is 53.5 Å². The molecule has 168 valence electrons. The number of aromatic nitrogens is 6. The van der Waals surface area contributed by atoms with E-state index in [1.807, 2.05) is 48.1 Å².